The smallest absolute Gasteiger partial charge is 0.293 e. The number of nitrogens with zero attached hydrogens (tertiary/aromatic N) is 2. The Hall–Kier alpha value is -1.89. The summed E-state index contributed by atoms with van der Waals surface area (Å²) in [5.74, 6) is 0.653. The van der Waals surface area contributed by atoms with E-state index in [1.165, 1.54) is 12.1 Å². The maximum atomic E-state index is 11.6. The molecule has 32 heavy (non-hydrogen) atoms. The minimum Gasteiger partial charge on any atom is -0.379 e. The highest BCUT2D eigenvalue weighted by molar-refractivity contribution is 7.99. The predicted octanol–water partition coefficient (Wildman–Crippen LogP) is 3.19. The van der Waals surface area contributed by atoms with E-state index in [1.807, 2.05) is 24.3 Å². The molecule has 0 aliphatic carbocycles. The summed E-state index contributed by atoms with van der Waals surface area (Å²) in [4.78, 5) is 14.0. The molecular formula is C20H25ClN4O5S2. The van der Waals surface area contributed by atoms with Gasteiger partial charge in [-0.25, -0.2) is 13.6 Å². The van der Waals surface area contributed by atoms with Crippen LogP contribution in [0.5, 0.6) is 0 Å². The number of nitrogens with one attached hydrogen (secondary N) is 1. The van der Waals surface area contributed by atoms with E-state index in [9.17, 15) is 18.5 Å². The van der Waals surface area contributed by atoms with Crippen molar-refractivity contribution in [3.05, 3.63) is 57.6 Å². The summed E-state index contributed by atoms with van der Waals surface area (Å²) >= 11 is 7.57. The van der Waals surface area contributed by atoms with Crippen LogP contribution in [-0.4, -0.2) is 62.9 Å². The van der Waals surface area contributed by atoms with Gasteiger partial charge < -0.3 is 10.1 Å². The van der Waals surface area contributed by atoms with Crippen molar-refractivity contribution in [3.63, 3.8) is 0 Å². The van der Waals surface area contributed by atoms with Crippen molar-refractivity contribution in [1.29, 1.82) is 0 Å². The van der Waals surface area contributed by atoms with Crippen molar-refractivity contribution < 1.29 is 18.1 Å². The zero-order valence-corrected chi connectivity index (χ0v) is 19.7. The summed E-state index contributed by atoms with van der Waals surface area (Å²) in [6.07, 6.45) is 0.745. The fraction of sp³-hybridized carbons (Fsp3) is 0.400. The average Bonchev–Trinajstić information content (AvgIpc) is 2.76. The van der Waals surface area contributed by atoms with Crippen LogP contribution in [0.3, 0.4) is 0 Å². The number of anilines is 1. The molecule has 0 saturated carbocycles. The third kappa shape index (κ3) is 7.32. The Morgan fingerprint density at radius 3 is 2.53 bits per heavy atom. The molecule has 1 saturated heterocycles. The third-order valence-corrected chi connectivity index (χ3v) is 7.35. The molecule has 1 fully saturated rings. The Kier molecular flexibility index (Phi) is 8.74. The molecule has 0 aromatic heterocycles. The van der Waals surface area contributed by atoms with Gasteiger partial charge in [0.05, 0.1) is 23.0 Å². The molecule has 0 unspecified atom stereocenters. The van der Waals surface area contributed by atoms with E-state index in [-0.39, 0.29) is 22.3 Å². The van der Waals surface area contributed by atoms with Crippen LogP contribution in [0.2, 0.25) is 5.02 Å². The van der Waals surface area contributed by atoms with Gasteiger partial charge in [0.1, 0.15) is 5.69 Å². The Balaban J connectivity index is 1.76. The summed E-state index contributed by atoms with van der Waals surface area (Å²) < 4.78 is 28.6. The normalized spacial score (nSPS) is 15.9. The number of thioether (sulfide) groups is 1. The van der Waals surface area contributed by atoms with Crippen LogP contribution in [0, 0.1) is 10.1 Å². The lowest BCUT2D eigenvalue weighted by molar-refractivity contribution is -0.384. The van der Waals surface area contributed by atoms with Crippen LogP contribution in [0.15, 0.2) is 52.3 Å². The summed E-state index contributed by atoms with van der Waals surface area (Å²) in [5, 5.41) is 20.6. The molecule has 1 aliphatic rings. The predicted molar refractivity (Wildman–Crippen MR) is 126 cm³/mol. The van der Waals surface area contributed by atoms with Crippen molar-refractivity contribution in [2.75, 3.05) is 43.9 Å². The highest BCUT2D eigenvalue weighted by atomic mass is 35.5. The number of benzene rings is 2. The summed E-state index contributed by atoms with van der Waals surface area (Å²) in [6, 6.07) is 11.0. The van der Waals surface area contributed by atoms with Crippen LogP contribution in [0.25, 0.3) is 0 Å². The Morgan fingerprint density at radius 1 is 1.22 bits per heavy atom. The molecule has 0 bridgehead atoms. The van der Waals surface area contributed by atoms with Gasteiger partial charge in [0.15, 0.2) is 0 Å². The second-order valence-electron chi connectivity index (χ2n) is 7.33. The maximum Gasteiger partial charge on any atom is 0.293 e. The summed E-state index contributed by atoms with van der Waals surface area (Å²) in [6.45, 7) is 3.89. The first kappa shape index (κ1) is 24.7. The van der Waals surface area contributed by atoms with E-state index in [4.69, 9.17) is 21.5 Å². The van der Waals surface area contributed by atoms with E-state index in [2.05, 4.69) is 10.2 Å². The molecular weight excluding hydrogens is 476 g/mol. The van der Waals surface area contributed by atoms with Crippen molar-refractivity contribution >= 4 is 44.8 Å². The second-order valence-corrected chi connectivity index (χ2v) is 10.4. The van der Waals surface area contributed by atoms with Crippen molar-refractivity contribution in [2.24, 2.45) is 5.14 Å². The largest absolute Gasteiger partial charge is 0.379 e. The molecule has 0 spiro atoms. The highest BCUT2D eigenvalue weighted by Crippen LogP contribution is 2.30. The van der Waals surface area contributed by atoms with Crippen LogP contribution in [-0.2, 0) is 14.8 Å². The first-order valence-corrected chi connectivity index (χ1v) is 12.9. The Bertz CT molecular complexity index is 1030. The second kappa shape index (κ2) is 11.3. The minimum absolute atomic E-state index is 0.0995. The molecule has 0 radical (unpaired) electrons. The Labute approximate surface area is 196 Å². The lowest BCUT2D eigenvalue weighted by Crippen LogP contribution is -2.39. The standard InChI is InChI=1S/C20H25ClN4O5S2/c21-15-1-3-17(4-2-15)31-14-16(7-8-24-9-11-30-12-10-24)23-19-6-5-18(32(22,28)29)13-20(19)25(26)27/h1-6,13,16,23H,7-12,14H2,(H2,22,28,29)/t16-/m1/s1. The first-order valence-electron chi connectivity index (χ1n) is 9.98. The number of hydrogen-bond acceptors (Lipinski definition) is 8. The molecule has 12 heteroatoms. The average molecular weight is 501 g/mol. The van der Waals surface area contributed by atoms with Gasteiger partial charge in [-0.15, -0.1) is 11.8 Å². The van der Waals surface area contributed by atoms with Gasteiger partial charge in [-0.3, -0.25) is 15.0 Å². The number of nitro groups is 1. The van der Waals surface area contributed by atoms with Gasteiger partial charge in [-0.05, 0) is 42.8 Å². The summed E-state index contributed by atoms with van der Waals surface area (Å²) in [5.41, 5.74) is -0.0736. The number of nitrogens with two attached hydrogens (primary N) is 1. The monoisotopic (exact) mass is 500 g/mol. The number of nitro benzene ring substituents is 1. The van der Waals surface area contributed by atoms with E-state index in [0.29, 0.717) is 24.0 Å². The molecule has 3 N–H and O–H groups in total. The number of sulfonamides is 1. The molecule has 9 nitrogen and oxygen atoms in total. The lowest BCUT2D eigenvalue weighted by atomic mass is 10.2. The number of primary sulfonamides is 1. The topological polar surface area (TPSA) is 128 Å². The highest BCUT2D eigenvalue weighted by Gasteiger charge is 2.22. The molecule has 1 atom stereocenters. The van der Waals surface area contributed by atoms with E-state index >= 15 is 0 Å². The van der Waals surface area contributed by atoms with Crippen LogP contribution >= 0.6 is 23.4 Å². The minimum atomic E-state index is -4.04. The number of rotatable bonds is 10. The molecule has 0 amide bonds. The molecule has 2 aromatic carbocycles. The lowest BCUT2D eigenvalue weighted by Gasteiger charge is -2.29. The number of morpholine rings is 1. The fourth-order valence-corrected chi connectivity index (χ4v) is 4.90. The fourth-order valence-electron chi connectivity index (χ4n) is 3.27. The van der Waals surface area contributed by atoms with Crippen LogP contribution in [0.4, 0.5) is 11.4 Å². The number of halogens is 1. The number of ether oxygens (including phenoxy) is 1. The van der Waals surface area contributed by atoms with Crippen LogP contribution < -0.4 is 10.5 Å². The van der Waals surface area contributed by atoms with Gasteiger partial charge in [-0.2, -0.15) is 0 Å². The van der Waals surface area contributed by atoms with Gasteiger partial charge in [-0.1, -0.05) is 11.6 Å². The number of hydrogen-bond donors (Lipinski definition) is 2. The molecule has 3 rings (SSSR count). The van der Waals surface area contributed by atoms with Gasteiger partial charge in [0, 0.05) is 47.4 Å². The maximum absolute atomic E-state index is 11.6. The zero-order valence-electron chi connectivity index (χ0n) is 17.3. The van der Waals surface area contributed by atoms with Crippen molar-refractivity contribution in [2.45, 2.75) is 22.3 Å². The zero-order chi connectivity index (χ0) is 23.1. The molecule has 2 aromatic rings. The third-order valence-electron chi connectivity index (χ3n) is 5.02. The van der Waals surface area contributed by atoms with E-state index in [0.717, 1.165) is 37.0 Å². The SMILES string of the molecule is NS(=O)(=O)c1ccc(N[C@H](CCN2CCOCC2)CSc2ccc(Cl)cc2)c([N+](=O)[O-])c1. The van der Waals surface area contributed by atoms with Crippen LogP contribution in [0.1, 0.15) is 6.42 Å². The Morgan fingerprint density at radius 2 is 1.91 bits per heavy atom. The molecule has 174 valence electrons. The summed E-state index contributed by atoms with van der Waals surface area (Å²) in [7, 11) is -4.04. The van der Waals surface area contributed by atoms with E-state index < -0.39 is 14.9 Å². The first-order chi connectivity index (χ1) is 15.2. The molecule has 1 heterocycles. The van der Waals surface area contributed by atoms with Gasteiger partial charge in [0.2, 0.25) is 10.0 Å². The van der Waals surface area contributed by atoms with Crippen molar-refractivity contribution in [3.8, 4) is 0 Å². The van der Waals surface area contributed by atoms with Crippen molar-refractivity contribution in [1.82, 2.24) is 4.90 Å². The molecule has 1 aliphatic heterocycles. The van der Waals surface area contributed by atoms with Gasteiger partial charge in [0.25, 0.3) is 5.69 Å². The quantitative estimate of drug-likeness (QED) is 0.289. The van der Waals surface area contributed by atoms with E-state index in [1.54, 1.807) is 11.8 Å². The van der Waals surface area contributed by atoms with Gasteiger partial charge >= 0.3 is 0 Å².